The molecule has 0 saturated heterocycles. The van der Waals surface area contributed by atoms with Crippen molar-refractivity contribution in [2.75, 3.05) is 0 Å². The largest absolute Gasteiger partial charge is 0.274 e. The second-order valence-corrected chi connectivity index (χ2v) is 2.30. The van der Waals surface area contributed by atoms with Crippen LogP contribution in [0.4, 0.5) is 0 Å². The lowest BCUT2D eigenvalue weighted by Crippen LogP contribution is -2.05. The Hall–Kier alpha value is -1.09. The Balaban J connectivity index is 2.95. The maximum absolute atomic E-state index is 10.7. The van der Waals surface area contributed by atoms with Crippen LogP contribution in [0.3, 0.4) is 0 Å². The maximum atomic E-state index is 10.7. The van der Waals surface area contributed by atoms with Gasteiger partial charge in [-0.25, -0.2) is 0 Å². The summed E-state index contributed by atoms with van der Waals surface area (Å²) in [6.07, 6.45) is 3.18. The summed E-state index contributed by atoms with van der Waals surface area (Å²) in [4.78, 5) is 10.7. The van der Waals surface area contributed by atoms with Crippen LogP contribution in [0.1, 0.15) is 10.5 Å². The van der Waals surface area contributed by atoms with Crippen molar-refractivity contribution in [2.24, 2.45) is 0 Å². The molecular formula is C7H7ClN2O. The van der Waals surface area contributed by atoms with Gasteiger partial charge in [0.25, 0.3) is 5.24 Å². The summed E-state index contributed by atoms with van der Waals surface area (Å²) in [5, 5.41) is 3.37. The summed E-state index contributed by atoms with van der Waals surface area (Å²) in [7, 11) is 0. The first-order chi connectivity index (χ1) is 5.25. The Kier molecular flexibility index (Phi) is 2.44. The molecule has 0 aliphatic carbocycles. The van der Waals surface area contributed by atoms with E-state index in [1.165, 1.54) is 10.9 Å². The van der Waals surface area contributed by atoms with Gasteiger partial charge in [0.05, 0.1) is 6.54 Å². The molecule has 0 atom stereocenters. The average molecular weight is 171 g/mol. The summed E-state index contributed by atoms with van der Waals surface area (Å²) < 4.78 is 1.49. The minimum atomic E-state index is -0.496. The molecule has 11 heavy (non-hydrogen) atoms. The van der Waals surface area contributed by atoms with E-state index in [0.29, 0.717) is 12.2 Å². The van der Waals surface area contributed by atoms with Crippen molar-refractivity contribution in [1.82, 2.24) is 9.78 Å². The van der Waals surface area contributed by atoms with Crippen LogP contribution in [-0.2, 0) is 6.54 Å². The highest BCUT2D eigenvalue weighted by molar-refractivity contribution is 6.67. The van der Waals surface area contributed by atoms with Crippen molar-refractivity contribution in [2.45, 2.75) is 6.54 Å². The predicted octanol–water partition coefficient (Wildman–Crippen LogP) is 1.45. The molecule has 0 bridgehead atoms. The molecule has 0 fully saturated rings. The molecule has 0 aromatic carbocycles. The topological polar surface area (TPSA) is 34.9 Å². The van der Waals surface area contributed by atoms with Crippen LogP contribution in [-0.4, -0.2) is 15.0 Å². The van der Waals surface area contributed by atoms with Crippen molar-refractivity contribution < 1.29 is 4.79 Å². The molecule has 4 heteroatoms. The molecule has 0 aliphatic heterocycles. The normalized spacial score (nSPS) is 9.55. The van der Waals surface area contributed by atoms with E-state index in [-0.39, 0.29) is 0 Å². The molecule has 0 amide bonds. The van der Waals surface area contributed by atoms with Gasteiger partial charge in [-0.3, -0.25) is 9.48 Å². The second kappa shape index (κ2) is 3.34. The fraction of sp³-hybridized carbons (Fsp3) is 0.143. The summed E-state index contributed by atoms with van der Waals surface area (Å²) in [5.74, 6) is 0. The van der Waals surface area contributed by atoms with Gasteiger partial charge in [-0.2, -0.15) is 5.10 Å². The molecule has 1 heterocycles. The standard InChI is InChI=1S/C7H7ClN2O/c1-2-5-10-6(7(8)11)3-4-9-10/h2-4H,1,5H2. The zero-order chi connectivity index (χ0) is 8.27. The highest BCUT2D eigenvalue weighted by atomic mass is 35.5. The monoisotopic (exact) mass is 170 g/mol. The van der Waals surface area contributed by atoms with Crippen LogP contribution in [0.15, 0.2) is 24.9 Å². The lowest BCUT2D eigenvalue weighted by molar-refractivity contribution is 0.107. The predicted molar refractivity (Wildman–Crippen MR) is 42.6 cm³/mol. The summed E-state index contributed by atoms with van der Waals surface area (Å²) in [6, 6.07) is 1.57. The molecule has 58 valence electrons. The first-order valence-corrected chi connectivity index (χ1v) is 3.46. The fourth-order valence-electron chi connectivity index (χ4n) is 0.767. The van der Waals surface area contributed by atoms with E-state index in [4.69, 9.17) is 11.6 Å². The number of carbonyl (C=O) groups excluding carboxylic acids is 1. The van der Waals surface area contributed by atoms with Crippen molar-refractivity contribution in [1.29, 1.82) is 0 Å². The van der Waals surface area contributed by atoms with Gasteiger partial charge in [-0.1, -0.05) is 6.08 Å². The van der Waals surface area contributed by atoms with E-state index in [9.17, 15) is 4.79 Å². The smallest absolute Gasteiger partial charge is 0.270 e. The molecule has 3 nitrogen and oxygen atoms in total. The summed E-state index contributed by atoms with van der Waals surface area (Å²) in [5.41, 5.74) is 0.395. The number of rotatable bonds is 3. The van der Waals surface area contributed by atoms with Gasteiger partial charge < -0.3 is 0 Å². The molecule has 0 radical (unpaired) electrons. The highest BCUT2D eigenvalue weighted by Gasteiger charge is 2.06. The van der Waals surface area contributed by atoms with Crippen molar-refractivity contribution >= 4 is 16.8 Å². The van der Waals surface area contributed by atoms with E-state index in [1.807, 2.05) is 0 Å². The molecule has 0 spiro atoms. The highest BCUT2D eigenvalue weighted by Crippen LogP contribution is 2.02. The van der Waals surface area contributed by atoms with Crippen molar-refractivity contribution in [3.8, 4) is 0 Å². The van der Waals surface area contributed by atoms with E-state index in [1.54, 1.807) is 12.1 Å². The third-order valence-corrected chi connectivity index (χ3v) is 1.41. The number of allylic oxidation sites excluding steroid dienone is 1. The molecule has 0 N–H and O–H groups in total. The zero-order valence-corrected chi connectivity index (χ0v) is 6.58. The number of halogens is 1. The third kappa shape index (κ3) is 1.68. The van der Waals surface area contributed by atoms with E-state index in [2.05, 4.69) is 11.7 Å². The van der Waals surface area contributed by atoms with Gasteiger partial charge in [-0.05, 0) is 17.7 Å². The van der Waals surface area contributed by atoms with Crippen LogP contribution in [0, 0.1) is 0 Å². The van der Waals surface area contributed by atoms with Crippen LogP contribution >= 0.6 is 11.6 Å². The van der Waals surface area contributed by atoms with Crippen LogP contribution < -0.4 is 0 Å². The van der Waals surface area contributed by atoms with Gasteiger partial charge in [0, 0.05) is 6.20 Å². The average Bonchev–Trinajstić information content (AvgIpc) is 2.36. The minimum absolute atomic E-state index is 0.395. The van der Waals surface area contributed by atoms with E-state index < -0.39 is 5.24 Å². The Morgan fingerprint density at radius 1 is 1.91 bits per heavy atom. The quantitative estimate of drug-likeness (QED) is 0.509. The lowest BCUT2D eigenvalue weighted by Gasteiger charge is -1.97. The number of nitrogens with zero attached hydrogens (tertiary/aromatic N) is 2. The Labute approximate surface area is 69.3 Å². The van der Waals surface area contributed by atoms with Crippen LogP contribution in [0.2, 0.25) is 0 Å². The molecule has 0 unspecified atom stereocenters. The number of hydrogen-bond acceptors (Lipinski definition) is 2. The zero-order valence-electron chi connectivity index (χ0n) is 5.83. The summed E-state index contributed by atoms with van der Waals surface area (Å²) in [6.45, 7) is 4.02. The molecule has 1 aromatic heterocycles. The van der Waals surface area contributed by atoms with Gasteiger partial charge in [0.1, 0.15) is 5.69 Å². The van der Waals surface area contributed by atoms with Gasteiger partial charge >= 0.3 is 0 Å². The first kappa shape index (κ1) is 8.01. The van der Waals surface area contributed by atoms with Crippen LogP contribution in [0.5, 0.6) is 0 Å². The number of carbonyl (C=O) groups is 1. The second-order valence-electron chi connectivity index (χ2n) is 1.96. The molecule has 0 aliphatic rings. The first-order valence-electron chi connectivity index (χ1n) is 3.08. The van der Waals surface area contributed by atoms with E-state index in [0.717, 1.165) is 0 Å². The molecular weight excluding hydrogens is 164 g/mol. The Morgan fingerprint density at radius 3 is 3.18 bits per heavy atom. The van der Waals surface area contributed by atoms with Crippen molar-refractivity contribution in [3.63, 3.8) is 0 Å². The SMILES string of the molecule is C=CCn1nccc1C(=O)Cl. The van der Waals surface area contributed by atoms with Gasteiger partial charge in [0.2, 0.25) is 0 Å². The molecule has 1 rings (SSSR count). The lowest BCUT2D eigenvalue weighted by atomic mass is 10.4. The Morgan fingerprint density at radius 2 is 2.64 bits per heavy atom. The number of hydrogen-bond donors (Lipinski definition) is 0. The summed E-state index contributed by atoms with van der Waals surface area (Å²) >= 11 is 5.25. The van der Waals surface area contributed by atoms with Gasteiger partial charge in [-0.15, -0.1) is 6.58 Å². The maximum Gasteiger partial charge on any atom is 0.270 e. The van der Waals surface area contributed by atoms with Crippen molar-refractivity contribution in [3.05, 3.63) is 30.6 Å². The molecule has 0 saturated carbocycles. The number of aromatic nitrogens is 2. The Bertz CT molecular complexity index is 280. The minimum Gasteiger partial charge on any atom is -0.274 e. The fourth-order valence-corrected chi connectivity index (χ4v) is 0.928. The van der Waals surface area contributed by atoms with E-state index >= 15 is 0 Å². The van der Waals surface area contributed by atoms with Gasteiger partial charge in [0.15, 0.2) is 0 Å². The molecule has 1 aromatic rings. The third-order valence-electron chi connectivity index (χ3n) is 1.22. The van der Waals surface area contributed by atoms with Crippen LogP contribution in [0.25, 0.3) is 0 Å².